The van der Waals surface area contributed by atoms with E-state index in [1.165, 1.54) is 12.4 Å². The molecule has 2 aromatic rings. The summed E-state index contributed by atoms with van der Waals surface area (Å²) >= 11 is 15.6. The molecule has 1 unspecified atom stereocenters. The summed E-state index contributed by atoms with van der Waals surface area (Å²) in [6.45, 7) is 5.97. The maximum atomic E-state index is 12.9. The minimum atomic E-state index is -0.998. The molecule has 0 radical (unpaired) electrons. The van der Waals surface area contributed by atoms with Gasteiger partial charge in [-0.25, -0.2) is 4.79 Å². The molecule has 7 nitrogen and oxygen atoms in total. The third-order valence-electron chi connectivity index (χ3n) is 7.48. The van der Waals surface area contributed by atoms with Crippen LogP contribution < -0.4 is 10.6 Å². The Kier molecular flexibility index (Phi) is 8.26. The summed E-state index contributed by atoms with van der Waals surface area (Å²) in [5.41, 5.74) is 1.07. The summed E-state index contributed by atoms with van der Waals surface area (Å²) in [6.07, 6.45) is 7.13. The number of carbonyl (C=O) groups excluding carboxylic acids is 2. The van der Waals surface area contributed by atoms with E-state index in [1.54, 1.807) is 12.1 Å². The number of allylic oxidation sites excluding steroid dienone is 2. The van der Waals surface area contributed by atoms with Crippen LogP contribution in [0.2, 0.25) is 10.0 Å². The van der Waals surface area contributed by atoms with Crippen LogP contribution in [-0.2, 0) is 9.59 Å². The van der Waals surface area contributed by atoms with Crippen molar-refractivity contribution in [1.82, 2.24) is 10.3 Å². The molecule has 0 aliphatic heterocycles. The van der Waals surface area contributed by atoms with E-state index in [-0.39, 0.29) is 21.4 Å². The lowest BCUT2D eigenvalue weighted by molar-refractivity contribution is -0.141. The van der Waals surface area contributed by atoms with Gasteiger partial charge in [-0.05, 0) is 51.9 Å². The maximum absolute atomic E-state index is 12.9. The molecule has 1 amide bonds. The van der Waals surface area contributed by atoms with Crippen molar-refractivity contribution in [2.24, 2.45) is 10.8 Å². The van der Waals surface area contributed by atoms with Gasteiger partial charge in [0.25, 0.3) is 5.91 Å². The van der Waals surface area contributed by atoms with E-state index in [0.717, 1.165) is 37.7 Å². The first-order chi connectivity index (χ1) is 17.9. The number of carboxylic acid groups (broad SMARTS) is 1. The predicted octanol–water partition coefficient (Wildman–Crippen LogP) is 6.95. The van der Waals surface area contributed by atoms with E-state index in [4.69, 9.17) is 23.2 Å². The molecule has 1 spiro atoms. The number of Topliss-reactive ketones (excluding diaryl/α,β-unsaturated/α-hetero) is 1. The first-order valence-electron chi connectivity index (χ1n) is 12.5. The minimum absolute atomic E-state index is 0.0608. The lowest BCUT2D eigenvalue weighted by Gasteiger charge is -2.47. The molecule has 1 fully saturated rings. The summed E-state index contributed by atoms with van der Waals surface area (Å²) in [5.74, 6) is -1.86. The molecule has 3 N–H and O–H groups in total. The number of amides is 1. The Morgan fingerprint density at radius 3 is 2.16 bits per heavy atom. The highest BCUT2D eigenvalue weighted by Crippen LogP contribution is 2.54. The molecule has 10 heteroatoms. The lowest BCUT2D eigenvalue weighted by Crippen LogP contribution is -2.55. The van der Waals surface area contributed by atoms with E-state index in [1.807, 2.05) is 32.9 Å². The summed E-state index contributed by atoms with van der Waals surface area (Å²) < 4.78 is 0.449. The molecule has 202 valence electrons. The minimum Gasteiger partial charge on any atom is -0.480 e. The molecular formula is C28H30BrCl2N3O4. The van der Waals surface area contributed by atoms with Crippen LogP contribution in [0.1, 0.15) is 74.7 Å². The largest absolute Gasteiger partial charge is 0.480 e. The van der Waals surface area contributed by atoms with Crippen molar-refractivity contribution in [2.75, 3.05) is 5.32 Å². The maximum Gasteiger partial charge on any atom is 0.326 e. The Labute approximate surface area is 240 Å². The van der Waals surface area contributed by atoms with Gasteiger partial charge >= 0.3 is 5.97 Å². The molecule has 38 heavy (non-hydrogen) atoms. The van der Waals surface area contributed by atoms with E-state index < -0.39 is 34.7 Å². The number of ketones is 1. The number of carboxylic acids is 1. The zero-order valence-corrected chi connectivity index (χ0v) is 24.5. The standard InChI is InChI=1S/C28H30BrCl2N3O4/c1-27(2,3)20(22(26(37)38)34-23-21(29)24(35)28(23)11-5-4-6-12-28)15-7-9-16(10-8-15)33-25(36)19-17(30)13-32-14-18(19)31/h7-10,13-14,20,22,34H,4-6,11-12H2,1-3H3,(H,33,36)(H,37,38)/t20?,22-/m0/s1. The number of nitrogens with zero attached hydrogens (tertiary/aromatic N) is 1. The molecule has 4 rings (SSSR count). The molecule has 2 aliphatic carbocycles. The van der Waals surface area contributed by atoms with Gasteiger partial charge in [0.15, 0.2) is 5.78 Å². The van der Waals surface area contributed by atoms with Gasteiger partial charge in [-0.15, -0.1) is 0 Å². The molecule has 2 atom stereocenters. The summed E-state index contributed by atoms with van der Waals surface area (Å²) in [7, 11) is 0. The third kappa shape index (κ3) is 5.36. The van der Waals surface area contributed by atoms with Gasteiger partial charge in [0.05, 0.1) is 25.5 Å². The molecule has 1 heterocycles. The highest BCUT2D eigenvalue weighted by molar-refractivity contribution is 9.12. The molecule has 1 aromatic carbocycles. The molecule has 1 saturated carbocycles. The Morgan fingerprint density at radius 2 is 1.63 bits per heavy atom. The van der Waals surface area contributed by atoms with Crippen LogP contribution in [0.3, 0.4) is 0 Å². The topological polar surface area (TPSA) is 108 Å². The van der Waals surface area contributed by atoms with Crippen molar-refractivity contribution in [3.8, 4) is 0 Å². The van der Waals surface area contributed by atoms with Gasteiger partial charge in [0.2, 0.25) is 0 Å². The Bertz CT molecular complexity index is 1280. The normalized spacial score (nSPS) is 18.5. The molecule has 0 bridgehead atoms. The lowest BCUT2D eigenvalue weighted by atomic mass is 9.62. The van der Waals surface area contributed by atoms with Crippen LogP contribution in [0.25, 0.3) is 0 Å². The van der Waals surface area contributed by atoms with Crippen LogP contribution in [0.15, 0.2) is 46.8 Å². The first-order valence-corrected chi connectivity index (χ1v) is 14.1. The number of halogens is 3. The van der Waals surface area contributed by atoms with Gasteiger partial charge in [0, 0.05) is 29.7 Å². The fourth-order valence-corrected chi connectivity index (χ4v) is 7.06. The summed E-state index contributed by atoms with van der Waals surface area (Å²) in [5, 5.41) is 16.7. The summed E-state index contributed by atoms with van der Waals surface area (Å²) in [4.78, 5) is 42.1. The van der Waals surface area contributed by atoms with Gasteiger partial charge in [-0.3, -0.25) is 14.6 Å². The second kappa shape index (κ2) is 11.0. The quantitative estimate of drug-likeness (QED) is 0.308. The SMILES string of the molecule is CC(C)(C)C(c1ccc(NC(=O)c2c(Cl)cncc2Cl)cc1)[C@H](NC1=C(Br)C(=O)C12CCCCC2)C(=O)O. The third-order valence-corrected chi connectivity index (χ3v) is 8.81. The second-order valence-electron chi connectivity index (χ2n) is 11.0. The van der Waals surface area contributed by atoms with Gasteiger partial charge < -0.3 is 15.7 Å². The monoisotopic (exact) mass is 621 g/mol. The Balaban J connectivity index is 1.61. The van der Waals surface area contributed by atoms with Crippen molar-refractivity contribution in [3.63, 3.8) is 0 Å². The van der Waals surface area contributed by atoms with Crippen molar-refractivity contribution in [2.45, 2.75) is 64.8 Å². The van der Waals surface area contributed by atoms with Crippen molar-refractivity contribution in [3.05, 3.63) is 68.0 Å². The Hall–Kier alpha value is -2.42. The van der Waals surface area contributed by atoms with Crippen molar-refractivity contribution in [1.29, 1.82) is 0 Å². The molecule has 2 aliphatic rings. The smallest absolute Gasteiger partial charge is 0.326 e. The molecule has 1 aromatic heterocycles. The zero-order chi connectivity index (χ0) is 27.8. The second-order valence-corrected chi connectivity index (χ2v) is 12.6. The number of hydrogen-bond donors (Lipinski definition) is 3. The van der Waals surface area contributed by atoms with Crippen LogP contribution in [0.5, 0.6) is 0 Å². The average Bonchev–Trinajstić information content (AvgIpc) is 2.86. The highest BCUT2D eigenvalue weighted by atomic mass is 79.9. The number of nitrogens with one attached hydrogen (secondary N) is 2. The number of carbonyl (C=O) groups is 3. The zero-order valence-electron chi connectivity index (χ0n) is 21.4. The number of hydrogen-bond acceptors (Lipinski definition) is 5. The summed E-state index contributed by atoms with van der Waals surface area (Å²) in [6, 6.07) is 6.09. The number of rotatable bonds is 7. The van der Waals surface area contributed by atoms with E-state index in [9.17, 15) is 19.5 Å². The predicted molar refractivity (Wildman–Crippen MR) is 152 cm³/mol. The van der Waals surface area contributed by atoms with Crippen molar-refractivity contribution < 1.29 is 19.5 Å². The van der Waals surface area contributed by atoms with Crippen molar-refractivity contribution >= 4 is 62.5 Å². The van der Waals surface area contributed by atoms with Gasteiger partial charge in [0.1, 0.15) is 6.04 Å². The van der Waals surface area contributed by atoms with Crippen LogP contribution >= 0.6 is 39.1 Å². The van der Waals surface area contributed by atoms with Gasteiger partial charge in [-0.1, -0.05) is 75.4 Å². The number of benzene rings is 1. The fourth-order valence-electron chi connectivity index (χ4n) is 5.65. The molecular weight excluding hydrogens is 593 g/mol. The highest BCUT2D eigenvalue weighted by Gasteiger charge is 2.54. The number of anilines is 1. The number of pyridine rings is 1. The number of aromatic nitrogens is 1. The first kappa shape index (κ1) is 28.6. The van der Waals surface area contributed by atoms with E-state index >= 15 is 0 Å². The average molecular weight is 623 g/mol. The van der Waals surface area contributed by atoms with Gasteiger partial charge in [-0.2, -0.15) is 0 Å². The number of aliphatic carboxylic acids is 1. The molecule has 0 saturated heterocycles. The van der Waals surface area contributed by atoms with E-state index in [2.05, 4.69) is 31.5 Å². The van der Waals surface area contributed by atoms with Crippen LogP contribution in [0.4, 0.5) is 5.69 Å². The Morgan fingerprint density at radius 1 is 1.05 bits per heavy atom. The van der Waals surface area contributed by atoms with Crippen LogP contribution in [-0.4, -0.2) is 33.8 Å². The van der Waals surface area contributed by atoms with Crippen LogP contribution in [0, 0.1) is 10.8 Å². The fraction of sp³-hybridized carbons (Fsp3) is 0.429. The van der Waals surface area contributed by atoms with E-state index in [0.29, 0.717) is 15.9 Å².